The van der Waals surface area contributed by atoms with Gasteiger partial charge >= 0.3 is 5.97 Å². The first-order chi connectivity index (χ1) is 7.50. The van der Waals surface area contributed by atoms with Gasteiger partial charge in [0.1, 0.15) is 5.41 Å². The number of carbonyl (C=O) groups is 2. The lowest BCUT2D eigenvalue weighted by Crippen LogP contribution is -2.49. The number of ether oxygens (including phenoxy) is 2. The second kappa shape index (κ2) is 5.27. The maximum atomic E-state index is 11.4. The molecule has 0 aliphatic carbocycles. The normalized spacial score (nSPS) is 29.0. The van der Waals surface area contributed by atoms with Crippen LogP contribution < -0.4 is 5.32 Å². The lowest BCUT2D eigenvalue weighted by Gasteiger charge is -2.25. The summed E-state index contributed by atoms with van der Waals surface area (Å²) >= 11 is 0. The molecule has 1 aliphatic rings. The molecule has 1 fully saturated rings. The van der Waals surface area contributed by atoms with E-state index in [1.165, 1.54) is 7.11 Å². The van der Waals surface area contributed by atoms with Gasteiger partial charge in [0.15, 0.2) is 0 Å². The van der Waals surface area contributed by atoms with Crippen molar-refractivity contribution in [1.82, 2.24) is 5.32 Å². The number of methoxy groups -OCH3 is 1. The zero-order valence-corrected chi connectivity index (χ0v) is 9.49. The highest BCUT2D eigenvalue weighted by Gasteiger charge is 2.47. The first-order valence-electron chi connectivity index (χ1n) is 5.10. The number of aliphatic carboxylic acids is 1. The molecule has 1 heterocycles. The van der Waals surface area contributed by atoms with E-state index >= 15 is 0 Å². The Bertz CT molecular complexity index is 280. The third-order valence-corrected chi connectivity index (χ3v) is 2.81. The van der Waals surface area contributed by atoms with Crippen molar-refractivity contribution < 1.29 is 24.2 Å². The molecule has 0 bridgehead atoms. The molecule has 2 atom stereocenters. The second-order valence-electron chi connectivity index (χ2n) is 4.10. The number of carboxylic acids is 1. The number of rotatable bonds is 5. The Balaban J connectivity index is 2.53. The fourth-order valence-corrected chi connectivity index (χ4v) is 1.55. The predicted molar refractivity (Wildman–Crippen MR) is 55.0 cm³/mol. The van der Waals surface area contributed by atoms with Crippen LogP contribution in [0.4, 0.5) is 0 Å². The van der Waals surface area contributed by atoms with E-state index in [4.69, 9.17) is 14.6 Å². The summed E-state index contributed by atoms with van der Waals surface area (Å²) < 4.78 is 9.88. The van der Waals surface area contributed by atoms with E-state index in [1.54, 1.807) is 6.92 Å². The molecule has 1 aliphatic heterocycles. The standard InChI is InChI=1S/C10H17NO5/c1-10(9(13)14)6-16-5-7(10)11-8(12)3-4-15-2/h7H,3-6H2,1-2H3,(H,11,12)(H,13,14). The molecule has 0 radical (unpaired) electrons. The topological polar surface area (TPSA) is 84.9 Å². The summed E-state index contributed by atoms with van der Waals surface area (Å²) in [6.07, 6.45) is 0.225. The van der Waals surface area contributed by atoms with Crippen molar-refractivity contribution >= 4 is 11.9 Å². The number of hydrogen-bond donors (Lipinski definition) is 2. The maximum absolute atomic E-state index is 11.4. The summed E-state index contributed by atoms with van der Waals surface area (Å²) in [5.74, 6) is -1.17. The molecule has 92 valence electrons. The Labute approximate surface area is 93.9 Å². The van der Waals surface area contributed by atoms with Crippen molar-refractivity contribution in [2.45, 2.75) is 19.4 Å². The van der Waals surface area contributed by atoms with Crippen molar-refractivity contribution in [2.24, 2.45) is 5.41 Å². The minimum Gasteiger partial charge on any atom is -0.481 e. The van der Waals surface area contributed by atoms with E-state index in [1.807, 2.05) is 0 Å². The van der Waals surface area contributed by atoms with Gasteiger partial charge < -0.3 is 19.9 Å². The molecule has 1 saturated heterocycles. The third kappa shape index (κ3) is 2.70. The molecule has 6 heteroatoms. The maximum Gasteiger partial charge on any atom is 0.313 e. The van der Waals surface area contributed by atoms with E-state index in [0.717, 1.165) is 0 Å². The number of hydrogen-bond acceptors (Lipinski definition) is 4. The molecule has 2 unspecified atom stereocenters. The molecule has 0 aromatic carbocycles. The Morgan fingerprint density at radius 2 is 2.31 bits per heavy atom. The minimum atomic E-state index is -1.04. The first kappa shape index (κ1) is 12.9. The highest BCUT2D eigenvalue weighted by atomic mass is 16.5. The van der Waals surface area contributed by atoms with Gasteiger partial charge in [0.05, 0.1) is 25.9 Å². The molecule has 16 heavy (non-hydrogen) atoms. The lowest BCUT2D eigenvalue weighted by molar-refractivity contribution is -0.149. The molecule has 0 aromatic heterocycles. The highest BCUT2D eigenvalue weighted by Crippen LogP contribution is 2.28. The lowest BCUT2D eigenvalue weighted by atomic mass is 9.85. The van der Waals surface area contributed by atoms with Crippen LogP contribution in [0.2, 0.25) is 0 Å². The fourth-order valence-electron chi connectivity index (χ4n) is 1.55. The van der Waals surface area contributed by atoms with Crippen molar-refractivity contribution in [3.63, 3.8) is 0 Å². The summed E-state index contributed by atoms with van der Waals surface area (Å²) in [7, 11) is 1.51. The van der Waals surface area contributed by atoms with Gasteiger partial charge in [0.25, 0.3) is 0 Å². The van der Waals surface area contributed by atoms with Gasteiger partial charge in [-0.2, -0.15) is 0 Å². The van der Waals surface area contributed by atoms with Crippen molar-refractivity contribution in [3.05, 3.63) is 0 Å². The summed E-state index contributed by atoms with van der Waals surface area (Å²) in [4.78, 5) is 22.5. The summed E-state index contributed by atoms with van der Waals surface area (Å²) in [6.45, 7) is 2.26. The van der Waals surface area contributed by atoms with E-state index in [2.05, 4.69) is 5.32 Å². The zero-order valence-electron chi connectivity index (χ0n) is 9.49. The molecule has 2 N–H and O–H groups in total. The van der Waals surface area contributed by atoms with Gasteiger partial charge in [-0.15, -0.1) is 0 Å². The van der Waals surface area contributed by atoms with Gasteiger partial charge in [0.2, 0.25) is 5.91 Å². The second-order valence-corrected chi connectivity index (χ2v) is 4.10. The van der Waals surface area contributed by atoms with Crippen molar-refractivity contribution in [1.29, 1.82) is 0 Å². The van der Waals surface area contributed by atoms with Crippen LogP contribution >= 0.6 is 0 Å². The number of carboxylic acid groups (broad SMARTS) is 1. The van der Waals surface area contributed by atoms with Gasteiger partial charge in [-0.3, -0.25) is 9.59 Å². The average molecular weight is 231 g/mol. The number of nitrogens with one attached hydrogen (secondary N) is 1. The van der Waals surface area contributed by atoms with Gasteiger partial charge in [-0.25, -0.2) is 0 Å². The summed E-state index contributed by atoms with van der Waals surface area (Å²) in [6, 6.07) is -0.477. The smallest absolute Gasteiger partial charge is 0.313 e. The van der Waals surface area contributed by atoms with Crippen LogP contribution in [0.25, 0.3) is 0 Å². The molecular formula is C10H17NO5. The molecule has 0 aromatic rings. The van der Waals surface area contributed by atoms with Gasteiger partial charge in [0, 0.05) is 13.5 Å². The zero-order chi connectivity index (χ0) is 12.2. The Morgan fingerprint density at radius 3 is 2.88 bits per heavy atom. The van der Waals surface area contributed by atoms with E-state index < -0.39 is 17.4 Å². The quantitative estimate of drug-likeness (QED) is 0.674. The average Bonchev–Trinajstić information content (AvgIpc) is 2.59. The number of amides is 1. The minimum absolute atomic E-state index is 0.123. The van der Waals surface area contributed by atoms with E-state index in [0.29, 0.717) is 6.61 Å². The summed E-state index contributed by atoms with van der Waals surface area (Å²) in [5, 5.41) is 11.7. The number of carbonyl (C=O) groups excluding carboxylic acids is 1. The molecule has 1 amide bonds. The molecule has 1 rings (SSSR count). The van der Waals surface area contributed by atoms with Gasteiger partial charge in [-0.05, 0) is 6.92 Å². The highest BCUT2D eigenvalue weighted by molar-refractivity contribution is 5.80. The van der Waals surface area contributed by atoms with E-state index in [-0.39, 0.29) is 25.5 Å². The van der Waals surface area contributed by atoms with Crippen LogP contribution in [0, 0.1) is 5.41 Å². The fraction of sp³-hybridized carbons (Fsp3) is 0.800. The Morgan fingerprint density at radius 1 is 1.62 bits per heavy atom. The largest absolute Gasteiger partial charge is 0.481 e. The molecule has 0 spiro atoms. The van der Waals surface area contributed by atoms with Crippen LogP contribution in [0.15, 0.2) is 0 Å². The molecule has 6 nitrogen and oxygen atoms in total. The third-order valence-electron chi connectivity index (χ3n) is 2.81. The molecular weight excluding hydrogens is 214 g/mol. The molecule has 0 saturated carbocycles. The summed E-state index contributed by atoms with van der Waals surface area (Å²) in [5.41, 5.74) is -1.04. The van der Waals surface area contributed by atoms with Crippen molar-refractivity contribution in [3.8, 4) is 0 Å². The van der Waals surface area contributed by atoms with Crippen LogP contribution in [0.1, 0.15) is 13.3 Å². The Kier molecular flexibility index (Phi) is 4.26. The van der Waals surface area contributed by atoms with Crippen LogP contribution in [0.3, 0.4) is 0 Å². The Hall–Kier alpha value is -1.14. The van der Waals surface area contributed by atoms with Crippen LogP contribution in [-0.4, -0.2) is 50.0 Å². The van der Waals surface area contributed by atoms with Crippen LogP contribution in [0.5, 0.6) is 0 Å². The van der Waals surface area contributed by atoms with Crippen LogP contribution in [-0.2, 0) is 19.1 Å². The SMILES string of the molecule is COCCC(=O)NC1COCC1(C)C(=O)O. The van der Waals surface area contributed by atoms with Gasteiger partial charge in [-0.1, -0.05) is 0 Å². The first-order valence-corrected chi connectivity index (χ1v) is 5.10. The predicted octanol–water partition coefficient (Wildman–Crippen LogP) is -0.371. The monoisotopic (exact) mass is 231 g/mol. The van der Waals surface area contributed by atoms with E-state index in [9.17, 15) is 9.59 Å². The van der Waals surface area contributed by atoms with Crippen molar-refractivity contribution in [2.75, 3.05) is 26.9 Å².